The van der Waals surface area contributed by atoms with Crippen LogP contribution in [0.5, 0.6) is 0 Å². The minimum Gasteiger partial charge on any atom is -0.378 e. The third kappa shape index (κ3) is 1.42. The molecule has 1 fully saturated rings. The highest BCUT2D eigenvalue weighted by molar-refractivity contribution is 7.17. The molecule has 0 atom stereocenters. The molecule has 1 aliphatic rings. The van der Waals surface area contributed by atoms with E-state index in [1.54, 1.807) is 11.3 Å². The van der Waals surface area contributed by atoms with E-state index in [1.165, 1.54) is 15.6 Å². The first-order chi connectivity index (χ1) is 7.83. The van der Waals surface area contributed by atoms with E-state index in [4.69, 9.17) is 4.74 Å². The van der Waals surface area contributed by atoms with Crippen LogP contribution < -0.4 is 0 Å². The third-order valence-electron chi connectivity index (χ3n) is 3.08. The second kappa shape index (κ2) is 3.58. The molecule has 16 heavy (non-hydrogen) atoms. The maximum atomic E-state index is 9.18. The van der Waals surface area contributed by atoms with Gasteiger partial charge in [-0.25, -0.2) is 0 Å². The zero-order valence-electron chi connectivity index (χ0n) is 8.77. The number of nitriles is 1. The molecule has 1 aromatic heterocycles. The Morgan fingerprint density at radius 1 is 1.38 bits per heavy atom. The van der Waals surface area contributed by atoms with Gasteiger partial charge < -0.3 is 4.74 Å². The van der Waals surface area contributed by atoms with Crippen LogP contribution in [0, 0.1) is 16.7 Å². The molecular weight excluding hydrogens is 218 g/mol. The number of fused-ring (bicyclic) bond motifs is 1. The molecule has 1 aliphatic heterocycles. The second-order valence-electron chi connectivity index (χ2n) is 4.32. The van der Waals surface area contributed by atoms with Gasteiger partial charge in [0.1, 0.15) is 5.41 Å². The van der Waals surface area contributed by atoms with Gasteiger partial charge in [-0.2, -0.15) is 5.26 Å². The number of hydrogen-bond acceptors (Lipinski definition) is 3. The van der Waals surface area contributed by atoms with Crippen LogP contribution in [0.4, 0.5) is 0 Å². The van der Waals surface area contributed by atoms with E-state index >= 15 is 0 Å². The van der Waals surface area contributed by atoms with Gasteiger partial charge in [0.2, 0.25) is 0 Å². The summed E-state index contributed by atoms with van der Waals surface area (Å²) in [5, 5.41) is 12.6. The molecule has 0 bridgehead atoms. The third-order valence-corrected chi connectivity index (χ3v) is 4.10. The van der Waals surface area contributed by atoms with Crippen molar-refractivity contribution in [1.29, 1.82) is 5.26 Å². The van der Waals surface area contributed by atoms with Crippen LogP contribution in [0.15, 0.2) is 29.6 Å². The SMILES string of the molecule is N#CC1(Cc2csc3ccccc23)COC1. The largest absolute Gasteiger partial charge is 0.378 e. The number of benzene rings is 1. The lowest BCUT2D eigenvalue weighted by molar-refractivity contribution is -0.0763. The molecule has 2 heterocycles. The predicted octanol–water partition coefficient (Wildman–Crippen LogP) is 2.98. The molecule has 0 N–H and O–H groups in total. The van der Waals surface area contributed by atoms with E-state index in [9.17, 15) is 5.26 Å². The fraction of sp³-hybridized carbons (Fsp3) is 0.308. The molecule has 80 valence electrons. The normalized spacial score (nSPS) is 17.9. The summed E-state index contributed by atoms with van der Waals surface area (Å²) in [5.74, 6) is 0. The van der Waals surface area contributed by atoms with Gasteiger partial charge >= 0.3 is 0 Å². The first kappa shape index (κ1) is 9.83. The van der Waals surface area contributed by atoms with E-state index in [0.717, 1.165) is 6.42 Å². The maximum Gasteiger partial charge on any atom is 0.108 e. The summed E-state index contributed by atoms with van der Waals surface area (Å²) in [4.78, 5) is 0. The van der Waals surface area contributed by atoms with Crippen LogP contribution in [-0.2, 0) is 11.2 Å². The van der Waals surface area contributed by atoms with Gasteiger partial charge in [-0.3, -0.25) is 0 Å². The van der Waals surface area contributed by atoms with E-state index in [0.29, 0.717) is 13.2 Å². The Morgan fingerprint density at radius 2 is 2.19 bits per heavy atom. The number of nitrogens with zero attached hydrogens (tertiary/aromatic N) is 1. The van der Waals surface area contributed by atoms with Gasteiger partial charge in [0.05, 0.1) is 19.3 Å². The van der Waals surface area contributed by atoms with E-state index in [2.05, 4.69) is 35.7 Å². The Hall–Kier alpha value is -1.37. The standard InChI is InChI=1S/C13H11NOS/c14-7-13(8-15-9-13)5-10-6-16-12-4-2-1-3-11(10)12/h1-4,6H,5,8-9H2. The number of rotatable bonds is 2. The molecule has 0 amide bonds. The number of hydrogen-bond donors (Lipinski definition) is 0. The predicted molar refractivity (Wildman–Crippen MR) is 64.4 cm³/mol. The summed E-state index contributed by atoms with van der Waals surface area (Å²) < 4.78 is 6.47. The molecule has 2 nitrogen and oxygen atoms in total. The number of thiophene rings is 1. The summed E-state index contributed by atoms with van der Waals surface area (Å²) in [5.41, 5.74) is 1.01. The molecule has 0 unspecified atom stereocenters. The van der Waals surface area contributed by atoms with Gasteiger partial charge in [-0.15, -0.1) is 11.3 Å². The highest BCUT2D eigenvalue weighted by atomic mass is 32.1. The molecule has 3 heteroatoms. The fourth-order valence-electron chi connectivity index (χ4n) is 2.09. The highest BCUT2D eigenvalue weighted by Crippen LogP contribution is 2.35. The summed E-state index contributed by atoms with van der Waals surface area (Å²) in [7, 11) is 0. The smallest absolute Gasteiger partial charge is 0.108 e. The molecule has 0 saturated carbocycles. The molecule has 2 aromatic rings. The Kier molecular flexibility index (Phi) is 2.20. The van der Waals surface area contributed by atoms with Crippen LogP contribution in [-0.4, -0.2) is 13.2 Å². The van der Waals surface area contributed by atoms with Crippen molar-refractivity contribution >= 4 is 21.4 Å². The monoisotopic (exact) mass is 229 g/mol. The topological polar surface area (TPSA) is 33.0 Å². The minimum absolute atomic E-state index is 0.274. The average Bonchev–Trinajstić information content (AvgIpc) is 2.67. The first-order valence-corrected chi connectivity index (χ1v) is 6.15. The zero-order valence-corrected chi connectivity index (χ0v) is 9.59. The van der Waals surface area contributed by atoms with E-state index in [-0.39, 0.29) is 5.41 Å². The lowest BCUT2D eigenvalue weighted by Crippen LogP contribution is -2.42. The summed E-state index contributed by atoms with van der Waals surface area (Å²) >= 11 is 1.75. The van der Waals surface area contributed by atoms with Crippen molar-refractivity contribution in [3.05, 3.63) is 35.2 Å². The van der Waals surface area contributed by atoms with Crippen molar-refractivity contribution in [2.75, 3.05) is 13.2 Å². The van der Waals surface area contributed by atoms with Crippen LogP contribution >= 0.6 is 11.3 Å². The van der Waals surface area contributed by atoms with Crippen molar-refractivity contribution in [3.8, 4) is 6.07 Å². The molecular formula is C13H11NOS. The Bertz CT molecular complexity index is 563. The van der Waals surface area contributed by atoms with Crippen molar-refractivity contribution in [2.45, 2.75) is 6.42 Å². The molecule has 3 rings (SSSR count). The van der Waals surface area contributed by atoms with Crippen molar-refractivity contribution in [1.82, 2.24) is 0 Å². The summed E-state index contributed by atoms with van der Waals surface area (Å²) in [6, 6.07) is 10.8. The quantitative estimate of drug-likeness (QED) is 0.793. The number of ether oxygens (including phenoxy) is 1. The van der Waals surface area contributed by atoms with Gasteiger partial charge in [0.15, 0.2) is 0 Å². The Morgan fingerprint density at radius 3 is 2.88 bits per heavy atom. The van der Waals surface area contributed by atoms with Crippen LogP contribution in [0.3, 0.4) is 0 Å². The summed E-state index contributed by atoms with van der Waals surface area (Å²) in [6.45, 7) is 1.15. The molecule has 0 radical (unpaired) electrons. The molecule has 0 aliphatic carbocycles. The van der Waals surface area contributed by atoms with E-state index in [1.807, 2.05) is 0 Å². The van der Waals surface area contributed by atoms with E-state index < -0.39 is 0 Å². The summed E-state index contributed by atoms with van der Waals surface area (Å²) in [6.07, 6.45) is 0.813. The average molecular weight is 229 g/mol. The van der Waals surface area contributed by atoms with Gasteiger partial charge in [-0.05, 0) is 28.8 Å². The Labute approximate surface area is 98.1 Å². The second-order valence-corrected chi connectivity index (χ2v) is 5.23. The van der Waals surface area contributed by atoms with Crippen molar-refractivity contribution in [2.24, 2.45) is 5.41 Å². The molecule has 1 aromatic carbocycles. The van der Waals surface area contributed by atoms with Gasteiger partial charge in [0, 0.05) is 4.70 Å². The van der Waals surface area contributed by atoms with Crippen LogP contribution in [0.25, 0.3) is 10.1 Å². The van der Waals surface area contributed by atoms with Gasteiger partial charge in [-0.1, -0.05) is 18.2 Å². The highest BCUT2D eigenvalue weighted by Gasteiger charge is 2.39. The minimum atomic E-state index is -0.274. The first-order valence-electron chi connectivity index (χ1n) is 5.27. The van der Waals surface area contributed by atoms with Crippen LogP contribution in [0.2, 0.25) is 0 Å². The fourth-order valence-corrected chi connectivity index (χ4v) is 3.05. The van der Waals surface area contributed by atoms with Crippen molar-refractivity contribution in [3.63, 3.8) is 0 Å². The van der Waals surface area contributed by atoms with Crippen LogP contribution in [0.1, 0.15) is 5.56 Å². The maximum absolute atomic E-state index is 9.18. The molecule has 1 saturated heterocycles. The zero-order chi connectivity index (χ0) is 11.0. The Balaban J connectivity index is 1.98. The van der Waals surface area contributed by atoms with Gasteiger partial charge in [0.25, 0.3) is 0 Å². The lowest BCUT2D eigenvalue weighted by Gasteiger charge is -2.34. The lowest BCUT2D eigenvalue weighted by atomic mass is 9.81. The van der Waals surface area contributed by atoms with Crippen molar-refractivity contribution < 1.29 is 4.74 Å². The molecule has 0 spiro atoms.